The van der Waals surface area contributed by atoms with Crippen molar-refractivity contribution in [2.75, 3.05) is 20.2 Å². The summed E-state index contributed by atoms with van der Waals surface area (Å²) in [6, 6.07) is 11.5. The van der Waals surface area contributed by atoms with Crippen LogP contribution in [0.15, 0.2) is 60.2 Å². The van der Waals surface area contributed by atoms with Gasteiger partial charge in [0.2, 0.25) is 5.88 Å². The van der Waals surface area contributed by atoms with Crippen LogP contribution in [-0.4, -0.2) is 31.1 Å². The van der Waals surface area contributed by atoms with Crippen LogP contribution in [0.3, 0.4) is 0 Å². The Hall–Kier alpha value is -3.02. The molecule has 138 valence electrons. The number of guanidine groups is 1. The molecule has 2 N–H and O–H groups in total. The number of hydrogen-bond acceptors (Lipinski definition) is 4. The Morgan fingerprint density at radius 1 is 1.19 bits per heavy atom. The van der Waals surface area contributed by atoms with Gasteiger partial charge in [-0.3, -0.25) is 4.99 Å². The molecule has 26 heavy (non-hydrogen) atoms. The van der Waals surface area contributed by atoms with Gasteiger partial charge < -0.3 is 20.1 Å². The molecule has 1 aromatic heterocycles. The Balaban J connectivity index is 2.11. The number of para-hydroxylation sites is 2. The Morgan fingerprint density at radius 2 is 2.00 bits per heavy atom. The van der Waals surface area contributed by atoms with Gasteiger partial charge in [-0.25, -0.2) is 4.98 Å². The van der Waals surface area contributed by atoms with E-state index in [0.29, 0.717) is 43.0 Å². The number of aromatic nitrogens is 1. The van der Waals surface area contributed by atoms with Crippen LogP contribution in [0.1, 0.15) is 18.9 Å². The smallest absolute Gasteiger partial charge is 0.224 e. The van der Waals surface area contributed by atoms with Crippen molar-refractivity contribution in [3.8, 4) is 17.4 Å². The van der Waals surface area contributed by atoms with E-state index in [1.165, 1.54) is 0 Å². The fourth-order valence-electron chi connectivity index (χ4n) is 2.19. The highest BCUT2D eigenvalue weighted by Gasteiger charge is 2.10. The van der Waals surface area contributed by atoms with Crippen molar-refractivity contribution in [1.29, 1.82) is 0 Å². The van der Waals surface area contributed by atoms with Crippen molar-refractivity contribution >= 4 is 5.96 Å². The molecule has 0 spiro atoms. The minimum atomic E-state index is 0.526. The third-order valence-electron chi connectivity index (χ3n) is 3.45. The van der Waals surface area contributed by atoms with Crippen LogP contribution in [0.25, 0.3) is 0 Å². The van der Waals surface area contributed by atoms with Crippen molar-refractivity contribution in [2.24, 2.45) is 4.99 Å². The Bertz CT molecular complexity index is 731. The lowest BCUT2D eigenvalue weighted by Gasteiger charge is -2.15. The van der Waals surface area contributed by atoms with Gasteiger partial charge in [0.25, 0.3) is 0 Å². The van der Waals surface area contributed by atoms with E-state index in [2.05, 4.69) is 34.1 Å². The maximum atomic E-state index is 6.03. The van der Waals surface area contributed by atoms with Crippen LogP contribution >= 0.6 is 0 Å². The van der Waals surface area contributed by atoms with Crippen molar-refractivity contribution in [3.63, 3.8) is 0 Å². The van der Waals surface area contributed by atoms with Crippen molar-refractivity contribution in [1.82, 2.24) is 15.6 Å². The molecule has 0 fully saturated rings. The molecule has 6 heteroatoms. The molecule has 0 bridgehead atoms. The third-order valence-corrected chi connectivity index (χ3v) is 3.45. The van der Waals surface area contributed by atoms with Crippen LogP contribution in [0.4, 0.5) is 0 Å². The lowest BCUT2D eigenvalue weighted by atomic mass is 10.2. The summed E-state index contributed by atoms with van der Waals surface area (Å²) in [4.78, 5) is 8.53. The third kappa shape index (κ3) is 5.81. The Morgan fingerprint density at radius 3 is 2.73 bits per heavy atom. The average Bonchev–Trinajstić information content (AvgIpc) is 2.68. The van der Waals surface area contributed by atoms with Crippen LogP contribution in [0.5, 0.6) is 17.4 Å². The molecule has 0 saturated heterocycles. The molecule has 2 rings (SSSR count). The van der Waals surface area contributed by atoms with Crippen molar-refractivity contribution < 1.29 is 9.47 Å². The van der Waals surface area contributed by atoms with Gasteiger partial charge >= 0.3 is 0 Å². The maximum absolute atomic E-state index is 6.03. The second kappa shape index (κ2) is 10.8. The van der Waals surface area contributed by atoms with Crippen molar-refractivity contribution in [3.05, 3.63) is 60.8 Å². The summed E-state index contributed by atoms with van der Waals surface area (Å²) in [6.45, 7) is 7.56. The summed E-state index contributed by atoms with van der Waals surface area (Å²) in [7, 11) is 1.72. The number of nitrogens with zero attached hydrogens (tertiary/aromatic N) is 2. The summed E-state index contributed by atoms with van der Waals surface area (Å²) in [6.07, 6.45) is 4.42. The maximum Gasteiger partial charge on any atom is 0.224 e. The van der Waals surface area contributed by atoms with E-state index in [1.54, 1.807) is 19.3 Å². The van der Waals surface area contributed by atoms with Crippen LogP contribution in [0.2, 0.25) is 0 Å². The zero-order valence-corrected chi connectivity index (χ0v) is 15.4. The summed E-state index contributed by atoms with van der Waals surface area (Å²) in [5.41, 5.74) is 0.916. The molecule has 1 heterocycles. The number of ether oxygens (including phenoxy) is 2. The Labute approximate surface area is 155 Å². The quantitative estimate of drug-likeness (QED) is 0.410. The van der Waals surface area contributed by atoms with E-state index in [-0.39, 0.29) is 0 Å². The first-order chi connectivity index (χ1) is 12.8. The molecular weight excluding hydrogens is 328 g/mol. The van der Waals surface area contributed by atoms with E-state index >= 15 is 0 Å². The summed E-state index contributed by atoms with van der Waals surface area (Å²) >= 11 is 0. The molecule has 2 aromatic rings. The molecule has 6 nitrogen and oxygen atoms in total. The number of nitrogens with one attached hydrogen (secondary N) is 2. The van der Waals surface area contributed by atoms with Gasteiger partial charge in [0.1, 0.15) is 0 Å². The molecule has 0 saturated carbocycles. The van der Waals surface area contributed by atoms with Gasteiger partial charge in [-0.1, -0.05) is 31.2 Å². The van der Waals surface area contributed by atoms with E-state index in [0.717, 1.165) is 12.0 Å². The number of benzene rings is 1. The van der Waals surface area contributed by atoms with E-state index in [1.807, 2.05) is 36.4 Å². The molecule has 0 aliphatic rings. The van der Waals surface area contributed by atoms with E-state index in [4.69, 9.17) is 9.47 Å². The zero-order valence-electron chi connectivity index (χ0n) is 15.4. The fourth-order valence-corrected chi connectivity index (χ4v) is 2.19. The summed E-state index contributed by atoms with van der Waals surface area (Å²) in [5, 5.41) is 6.37. The number of pyridine rings is 1. The molecule has 1 aromatic carbocycles. The predicted octanol–water partition coefficient (Wildman–Crippen LogP) is 3.51. The van der Waals surface area contributed by atoms with Gasteiger partial charge in [0, 0.05) is 31.9 Å². The minimum Gasteiger partial charge on any atom is -0.490 e. The lowest BCUT2D eigenvalue weighted by molar-refractivity contribution is 0.300. The zero-order chi connectivity index (χ0) is 18.6. The molecule has 0 aliphatic heterocycles. The average molecular weight is 354 g/mol. The van der Waals surface area contributed by atoms with E-state index < -0.39 is 0 Å². The highest BCUT2D eigenvalue weighted by molar-refractivity contribution is 5.79. The topological polar surface area (TPSA) is 67.8 Å². The number of hydrogen-bond donors (Lipinski definition) is 2. The normalized spacial score (nSPS) is 10.9. The first-order valence-corrected chi connectivity index (χ1v) is 8.67. The molecule has 0 unspecified atom stereocenters. The summed E-state index contributed by atoms with van der Waals surface area (Å²) in [5.74, 6) is 2.58. The molecule has 0 aliphatic carbocycles. The summed E-state index contributed by atoms with van der Waals surface area (Å²) < 4.78 is 11.8. The second-order valence-corrected chi connectivity index (χ2v) is 5.46. The van der Waals surface area contributed by atoms with Crippen LogP contribution in [-0.2, 0) is 6.54 Å². The highest BCUT2D eigenvalue weighted by Crippen LogP contribution is 2.31. The minimum absolute atomic E-state index is 0.526. The lowest BCUT2D eigenvalue weighted by Crippen LogP contribution is -2.36. The van der Waals surface area contributed by atoms with Gasteiger partial charge in [-0.15, -0.1) is 6.58 Å². The molecule has 0 atom stereocenters. The van der Waals surface area contributed by atoms with Crippen LogP contribution in [0, 0.1) is 0 Å². The molecule has 0 radical (unpaired) electrons. The van der Waals surface area contributed by atoms with E-state index in [9.17, 15) is 0 Å². The highest BCUT2D eigenvalue weighted by atomic mass is 16.5. The fraction of sp³-hybridized carbons (Fsp3) is 0.300. The van der Waals surface area contributed by atoms with Gasteiger partial charge in [-0.05, 0) is 24.6 Å². The number of rotatable bonds is 9. The SMILES string of the molecule is C=CCNC(=NC)NCc1cccnc1Oc1ccccc1OCCC. The Kier molecular flexibility index (Phi) is 7.99. The number of aliphatic imine (C=N–C) groups is 1. The molecular formula is C20H26N4O2. The first-order valence-electron chi connectivity index (χ1n) is 8.67. The predicted molar refractivity (Wildman–Crippen MR) is 105 cm³/mol. The van der Waals surface area contributed by atoms with Crippen LogP contribution < -0.4 is 20.1 Å². The largest absolute Gasteiger partial charge is 0.490 e. The van der Waals surface area contributed by atoms with Gasteiger partial charge in [-0.2, -0.15) is 0 Å². The van der Waals surface area contributed by atoms with Gasteiger partial charge in [0.05, 0.1) is 6.61 Å². The first kappa shape index (κ1) is 19.3. The monoisotopic (exact) mass is 354 g/mol. The van der Waals surface area contributed by atoms with Gasteiger partial charge in [0.15, 0.2) is 17.5 Å². The second-order valence-electron chi connectivity index (χ2n) is 5.46. The molecule has 0 amide bonds. The van der Waals surface area contributed by atoms with Crippen molar-refractivity contribution in [2.45, 2.75) is 19.9 Å². The standard InChI is InChI=1S/C20H26N4O2/c1-4-12-23-20(21-3)24-15-16-9-8-13-22-19(16)26-18-11-7-6-10-17(18)25-14-5-2/h4,6-11,13H,1,5,12,14-15H2,2-3H3,(H2,21,23,24).